The van der Waals surface area contributed by atoms with E-state index in [1.54, 1.807) is 25.4 Å². The van der Waals surface area contributed by atoms with Crippen LogP contribution >= 0.6 is 0 Å². The monoisotopic (exact) mass is 392 g/mol. The molecular weight excluding hydrogens is 368 g/mol. The highest BCUT2D eigenvalue weighted by atomic mass is 16.5. The molecule has 0 radical (unpaired) electrons. The van der Waals surface area contributed by atoms with Gasteiger partial charge in [0.15, 0.2) is 0 Å². The molecule has 3 rings (SSSR count). The Morgan fingerprint density at radius 1 is 1.17 bits per heavy atom. The second-order valence-electron chi connectivity index (χ2n) is 6.69. The van der Waals surface area contributed by atoms with E-state index in [-0.39, 0.29) is 11.8 Å². The fourth-order valence-electron chi connectivity index (χ4n) is 2.99. The fraction of sp³-hybridized carbons (Fsp3) is 0.227. The molecule has 1 heterocycles. The first-order valence-electron chi connectivity index (χ1n) is 9.23. The SMILES string of the molecule is COc1cccc(C(NC(=O)c2ccc(CNC(C)=O)cc2)c2nccn2C)c1. The van der Waals surface area contributed by atoms with E-state index >= 15 is 0 Å². The molecule has 0 spiro atoms. The lowest BCUT2D eigenvalue weighted by Crippen LogP contribution is -2.31. The van der Waals surface area contributed by atoms with Crippen molar-refractivity contribution in [2.45, 2.75) is 19.5 Å². The number of hydrogen-bond acceptors (Lipinski definition) is 4. The minimum absolute atomic E-state index is 0.0944. The Bertz CT molecular complexity index is 995. The quantitative estimate of drug-likeness (QED) is 0.647. The number of nitrogens with one attached hydrogen (secondary N) is 2. The van der Waals surface area contributed by atoms with Gasteiger partial charge in [0, 0.05) is 38.5 Å². The molecule has 150 valence electrons. The summed E-state index contributed by atoms with van der Waals surface area (Å²) in [6.45, 7) is 1.90. The number of carbonyl (C=O) groups is 2. The van der Waals surface area contributed by atoms with E-state index < -0.39 is 6.04 Å². The van der Waals surface area contributed by atoms with Crippen molar-refractivity contribution >= 4 is 11.8 Å². The first kappa shape index (κ1) is 20.1. The first-order valence-corrected chi connectivity index (χ1v) is 9.23. The molecule has 1 aromatic heterocycles. The Labute approximate surface area is 169 Å². The van der Waals surface area contributed by atoms with Crippen LogP contribution in [0.1, 0.15) is 40.3 Å². The van der Waals surface area contributed by atoms with Crippen molar-refractivity contribution in [2.75, 3.05) is 7.11 Å². The van der Waals surface area contributed by atoms with Gasteiger partial charge < -0.3 is 19.9 Å². The maximum atomic E-state index is 12.9. The van der Waals surface area contributed by atoms with Gasteiger partial charge in [-0.15, -0.1) is 0 Å². The van der Waals surface area contributed by atoms with Crippen LogP contribution in [0.3, 0.4) is 0 Å². The van der Waals surface area contributed by atoms with Gasteiger partial charge in [0.2, 0.25) is 5.91 Å². The molecule has 29 heavy (non-hydrogen) atoms. The molecule has 1 unspecified atom stereocenters. The lowest BCUT2D eigenvalue weighted by Gasteiger charge is -2.20. The first-order chi connectivity index (χ1) is 14.0. The molecule has 0 saturated carbocycles. The molecular formula is C22H24N4O3. The lowest BCUT2D eigenvalue weighted by atomic mass is 10.0. The highest BCUT2D eigenvalue weighted by molar-refractivity contribution is 5.94. The van der Waals surface area contributed by atoms with E-state index in [0.717, 1.165) is 11.1 Å². The van der Waals surface area contributed by atoms with Gasteiger partial charge in [-0.2, -0.15) is 0 Å². The average Bonchev–Trinajstić information content (AvgIpc) is 3.16. The predicted molar refractivity (Wildman–Crippen MR) is 109 cm³/mol. The third-order valence-corrected chi connectivity index (χ3v) is 4.58. The summed E-state index contributed by atoms with van der Waals surface area (Å²) in [5, 5.41) is 5.80. The van der Waals surface area contributed by atoms with Crippen LogP contribution in [0.25, 0.3) is 0 Å². The van der Waals surface area contributed by atoms with Gasteiger partial charge in [-0.1, -0.05) is 24.3 Å². The summed E-state index contributed by atoms with van der Waals surface area (Å²) in [7, 11) is 3.49. The van der Waals surface area contributed by atoms with E-state index in [4.69, 9.17) is 4.74 Å². The van der Waals surface area contributed by atoms with Crippen molar-refractivity contribution in [3.8, 4) is 5.75 Å². The number of amides is 2. The fourth-order valence-corrected chi connectivity index (χ4v) is 2.99. The predicted octanol–water partition coefficient (Wildman–Crippen LogP) is 2.58. The number of rotatable bonds is 7. The number of hydrogen-bond donors (Lipinski definition) is 2. The number of imidazole rings is 1. The molecule has 2 N–H and O–H groups in total. The van der Waals surface area contributed by atoms with Crippen molar-refractivity contribution < 1.29 is 14.3 Å². The van der Waals surface area contributed by atoms with E-state index in [2.05, 4.69) is 15.6 Å². The standard InChI is InChI=1S/C22H24N4O3/c1-15(27)24-14-16-7-9-17(10-8-16)22(28)25-20(21-23-11-12-26(21)2)18-5-4-6-19(13-18)29-3/h4-13,20H,14H2,1-3H3,(H,24,27)(H,25,28). The lowest BCUT2D eigenvalue weighted by molar-refractivity contribution is -0.119. The van der Waals surface area contributed by atoms with Gasteiger partial charge in [0.1, 0.15) is 17.6 Å². The average molecular weight is 392 g/mol. The van der Waals surface area contributed by atoms with Crippen molar-refractivity contribution in [1.82, 2.24) is 20.2 Å². The van der Waals surface area contributed by atoms with Gasteiger partial charge in [-0.05, 0) is 35.4 Å². The number of methoxy groups -OCH3 is 1. The molecule has 7 nitrogen and oxygen atoms in total. The largest absolute Gasteiger partial charge is 0.497 e. The topological polar surface area (TPSA) is 85.2 Å². The number of benzene rings is 2. The second-order valence-corrected chi connectivity index (χ2v) is 6.69. The molecule has 1 atom stereocenters. The van der Waals surface area contributed by atoms with Gasteiger partial charge in [0.25, 0.3) is 5.91 Å². The Kier molecular flexibility index (Phi) is 6.29. The van der Waals surface area contributed by atoms with Crippen LogP contribution in [-0.4, -0.2) is 28.5 Å². The number of ether oxygens (including phenoxy) is 1. The number of nitrogens with zero attached hydrogens (tertiary/aromatic N) is 2. The summed E-state index contributed by atoms with van der Waals surface area (Å²) in [4.78, 5) is 28.4. The highest BCUT2D eigenvalue weighted by Crippen LogP contribution is 2.24. The van der Waals surface area contributed by atoms with E-state index in [0.29, 0.717) is 23.7 Å². The summed E-state index contributed by atoms with van der Waals surface area (Å²) >= 11 is 0. The van der Waals surface area contributed by atoms with Gasteiger partial charge in [-0.3, -0.25) is 9.59 Å². The van der Waals surface area contributed by atoms with Crippen LogP contribution < -0.4 is 15.4 Å². The number of aryl methyl sites for hydroxylation is 1. The van der Waals surface area contributed by atoms with Crippen LogP contribution in [0.5, 0.6) is 5.75 Å². The molecule has 0 aliphatic carbocycles. The molecule has 7 heteroatoms. The van der Waals surface area contributed by atoms with Gasteiger partial charge in [-0.25, -0.2) is 4.98 Å². The Morgan fingerprint density at radius 3 is 2.55 bits per heavy atom. The minimum Gasteiger partial charge on any atom is -0.497 e. The molecule has 0 aliphatic rings. The zero-order chi connectivity index (χ0) is 20.8. The molecule has 0 fully saturated rings. The molecule has 2 amide bonds. The van der Waals surface area contributed by atoms with Crippen molar-refractivity contribution in [3.05, 3.63) is 83.4 Å². The van der Waals surface area contributed by atoms with Crippen LogP contribution in [-0.2, 0) is 18.4 Å². The van der Waals surface area contributed by atoms with Gasteiger partial charge >= 0.3 is 0 Å². The number of carbonyl (C=O) groups excluding carboxylic acids is 2. The summed E-state index contributed by atoms with van der Waals surface area (Å²) in [6, 6.07) is 14.3. The van der Waals surface area contributed by atoms with Gasteiger partial charge in [0.05, 0.1) is 7.11 Å². The molecule has 0 aliphatic heterocycles. The molecule has 3 aromatic rings. The summed E-state index contributed by atoms with van der Waals surface area (Å²) < 4.78 is 7.20. The Hall–Kier alpha value is -3.61. The third-order valence-electron chi connectivity index (χ3n) is 4.58. The third kappa shape index (κ3) is 5.01. The maximum Gasteiger partial charge on any atom is 0.252 e. The van der Waals surface area contributed by atoms with Crippen LogP contribution in [0.15, 0.2) is 60.9 Å². The van der Waals surface area contributed by atoms with Crippen LogP contribution in [0.4, 0.5) is 0 Å². The molecule has 0 bridgehead atoms. The van der Waals surface area contributed by atoms with E-state index in [1.807, 2.05) is 54.2 Å². The van der Waals surface area contributed by atoms with Crippen molar-refractivity contribution in [3.63, 3.8) is 0 Å². The Morgan fingerprint density at radius 2 is 1.93 bits per heavy atom. The van der Waals surface area contributed by atoms with Crippen molar-refractivity contribution in [2.24, 2.45) is 7.05 Å². The summed E-state index contributed by atoms with van der Waals surface area (Å²) in [5.74, 6) is 1.11. The molecule has 0 saturated heterocycles. The molecule has 2 aromatic carbocycles. The van der Waals surface area contributed by atoms with E-state index in [9.17, 15) is 9.59 Å². The van der Waals surface area contributed by atoms with E-state index in [1.165, 1.54) is 6.92 Å². The van der Waals surface area contributed by atoms with Crippen LogP contribution in [0.2, 0.25) is 0 Å². The number of aromatic nitrogens is 2. The smallest absolute Gasteiger partial charge is 0.252 e. The second kappa shape index (κ2) is 9.05. The zero-order valence-corrected chi connectivity index (χ0v) is 16.7. The van der Waals surface area contributed by atoms with Crippen molar-refractivity contribution in [1.29, 1.82) is 0 Å². The summed E-state index contributed by atoms with van der Waals surface area (Å²) in [6.07, 6.45) is 3.54. The summed E-state index contributed by atoms with van der Waals surface area (Å²) in [5.41, 5.74) is 2.32. The highest BCUT2D eigenvalue weighted by Gasteiger charge is 2.22. The zero-order valence-electron chi connectivity index (χ0n) is 16.7. The maximum absolute atomic E-state index is 12.9. The normalized spacial score (nSPS) is 11.6. The minimum atomic E-state index is -0.434. The Balaban J connectivity index is 1.83. The van der Waals surface area contributed by atoms with Crippen LogP contribution in [0, 0.1) is 0 Å².